The van der Waals surface area contributed by atoms with E-state index < -0.39 is 17.9 Å². The van der Waals surface area contributed by atoms with Crippen LogP contribution >= 0.6 is 0 Å². The number of aliphatic carboxylic acids is 1. The number of carboxylic acids is 1. The Balaban J connectivity index is 3.77. The standard InChI is InChI=1S/C9H18N2O5/c1-16-5-3-10-6-8(13)11-7(2-4-12)9(14)15/h7,10,12H,2-6H2,1H3,(H,11,13)(H,14,15). The summed E-state index contributed by atoms with van der Waals surface area (Å²) in [7, 11) is 1.55. The second-order valence-corrected chi connectivity index (χ2v) is 3.14. The number of hydrogen-bond donors (Lipinski definition) is 4. The van der Waals surface area contributed by atoms with Gasteiger partial charge >= 0.3 is 5.97 Å². The van der Waals surface area contributed by atoms with Crippen LogP contribution in [0.5, 0.6) is 0 Å². The van der Waals surface area contributed by atoms with E-state index in [1.54, 1.807) is 7.11 Å². The SMILES string of the molecule is COCCNCC(=O)NC(CCO)C(=O)O. The Labute approximate surface area is 93.8 Å². The average Bonchev–Trinajstić information content (AvgIpc) is 2.23. The lowest BCUT2D eigenvalue weighted by atomic mass is 10.2. The fraction of sp³-hybridized carbons (Fsp3) is 0.778. The number of carboxylic acid groups (broad SMARTS) is 1. The van der Waals surface area contributed by atoms with Gasteiger partial charge in [0.2, 0.25) is 5.91 Å². The second-order valence-electron chi connectivity index (χ2n) is 3.14. The minimum Gasteiger partial charge on any atom is -0.480 e. The first-order valence-electron chi connectivity index (χ1n) is 4.94. The molecule has 94 valence electrons. The summed E-state index contributed by atoms with van der Waals surface area (Å²) < 4.78 is 4.76. The van der Waals surface area contributed by atoms with E-state index in [9.17, 15) is 9.59 Å². The Bertz CT molecular complexity index is 222. The highest BCUT2D eigenvalue weighted by Gasteiger charge is 2.18. The minimum atomic E-state index is -1.15. The van der Waals surface area contributed by atoms with Gasteiger partial charge in [0.05, 0.1) is 13.2 Å². The predicted octanol–water partition coefficient (Wildman–Crippen LogP) is -1.83. The molecule has 0 aromatic heterocycles. The average molecular weight is 234 g/mol. The number of amides is 1. The van der Waals surface area contributed by atoms with Crippen LogP contribution < -0.4 is 10.6 Å². The normalized spacial score (nSPS) is 12.1. The van der Waals surface area contributed by atoms with Crippen molar-refractivity contribution < 1.29 is 24.5 Å². The van der Waals surface area contributed by atoms with Crippen molar-refractivity contribution in [2.24, 2.45) is 0 Å². The number of nitrogens with one attached hydrogen (secondary N) is 2. The highest BCUT2D eigenvalue weighted by molar-refractivity contribution is 5.84. The first-order valence-corrected chi connectivity index (χ1v) is 4.94. The Hall–Kier alpha value is -1.18. The molecular weight excluding hydrogens is 216 g/mol. The third-order valence-electron chi connectivity index (χ3n) is 1.82. The molecule has 0 aliphatic rings. The third-order valence-corrected chi connectivity index (χ3v) is 1.82. The zero-order chi connectivity index (χ0) is 12.4. The molecule has 1 atom stereocenters. The van der Waals surface area contributed by atoms with Gasteiger partial charge in [0.15, 0.2) is 0 Å². The molecule has 0 aliphatic heterocycles. The summed E-state index contributed by atoms with van der Waals surface area (Å²) in [5.41, 5.74) is 0. The molecule has 16 heavy (non-hydrogen) atoms. The number of carbonyl (C=O) groups is 2. The Morgan fingerprint density at radius 1 is 1.44 bits per heavy atom. The van der Waals surface area contributed by atoms with Crippen LogP contribution in [0.25, 0.3) is 0 Å². The molecule has 0 heterocycles. The van der Waals surface area contributed by atoms with Gasteiger partial charge in [0.1, 0.15) is 6.04 Å². The number of carbonyl (C=O) groups excluding carboxylic acids is 1. The van der Waals surface area contributed by atoms with Crippen LogP contribution in [-0.4, -0.2) is 61.5 Å². The fourth-order valence-corrected chi connectivity index (χ4v) is 1.01. The molecule has 0 radical (unpaired) electrons. The first-order chi connectivity index (χ1) is 7.61. The number of ether oxygens (including phenoxy) is 1. The zero-order valence-corrected chi connectivity index (χ0v) is 9.23. The maximum Gasteiger partial charge on any atom is 0.326 e. The van der Waals surface area contributed by atoms with Crippen LogP contribution in [-0.2, 0) is 14.3 Å². The zero-order valence-electron chi connectivity index (χ0n) is 9.23. The van der Waals surface area contributed by atoms with Gasteiger partial charge in [-0.3, -0.25) is 4.79 Å². The van der Waals surface area contributed by atoms with Crippen molar-refractivity contribution in [2.45, 2.75) is 12.5 Å². The largest absolute Gasteiger partial charge is 0.480 e. The molecule has 0 aromatic rings. The second kappa shape index (κ2) is 9.08. The highest BCUT2D eigenvalue weighted by Crippen LogP contribution is 1.90. The molecule has 7 heteroatoms. The van der Waals surface area contributed by atoms with Gasteiger partial charge in [0.25, 0.3) is 0 Å². The van der Waals surface area contributed by atoms with E-state index in [1.165, 1.54) is 0 Å². The monoisotopic (exact) mass is 234 g/mol. The number of hydrogen-bond acceptors (Lipinski definition) is 5. The molecule has 1 unspecified atom stereocenters. The van der Waals surface area contributed by atoms with Crippen molar-refractivity contribution in [1.82, 2.24) is 10.6 Å². The summed E-state index contributed by atoms with van der Waals surface area (Å²) in [6, 6.07) is -1.04. The van der Waals surface area contributed by atoms with Crippen molar-refractivity contribution in [1.29, 1.82) is 0 Å². The van der Waals surface area contributed by atoms with Gasteiger partial charge in [-0.1, -0.05) is 0 Å². The van der Waals surface area contributed by atoms with Gasteiger partial charge in [-0.05, 0) is 0 Å². The smallest absolute Gasteiger partial charge is 0.326 e. The van der Waals surface area contributed by atoms with Gasteiger partial charge in [-0.2, -0.15) is 0 Å². The lowest BCUT2D eigenvalue weighted by molar-refractivity contribution is -0.142. The fourth-order valence-electron chi connectivity index (χ4n) is 1.01. The van der Waals surface area contributed by atoms with Crippen molar-refractivity contribution in [2.75, 3.05) is 33.4 Å². The lowest BCUT2D eigenvalue weighted by Gasteiger charge is -2.13. The third kappa shape index (κ3) is 7.16. The summed E-state index contributed by atoms with van der Waals surface area (Å²) >= 11 is 0. The summed E-state index contributed by atoms with van der Waals surface area (Å²) in [6.45, 7) is 0.737. The van der Waals surface area contributed by atoms with Crippen molar-refractivity contribution in [3.8, 4) is 0 Å². The number of aliphatic hydroxyl groups is 1. The molecule has 0 saturated carbocycles. The van der Waals surface area contributed by atoms with E-state index in [-0.39, 0.29) is 19.6 Å². The molecule has 0 aliphatic carbocycles. The Morgan fingerprint density at radius 3 is 2.62 bits per heavy atom. The van der Waals surface area contributed by atoms with E-state index in [0.29, 0.717) is 13.2 Å². The van der Waals surface area contributed by atoms with Crippen LogP contribution in [0, 0.1) is 0 Å². The van der Waals surface area contributed by atoms with Gasteiger partial charge in [-0.15, -0.1) is 0 Å². The van der Waals surface area contributed by atoms with Crippen LogP contribution in [0.1, 0.15) is 6.42 Å². The molecule has 0 rings (SSSR count). The predicted molar refractivity (Wildman–Crippen MR) is 56.0 cm³/mol. The Morgan fingerprint density at radius 2 is 2.12 bits per heavy atom. The van der Waals surface area contributed by atoms with E-state index in [4.69, 9.17) is 14.9 Å². The van der Waals surface area contributed by atoms with Crippen LogP contribution in [0.15, 0.2) is 0 Å². The molecule has 0 aromatic carbocycles. The highest BCUT2D eigenvalue weighted by atomic mass is 16.5. The van der Waals surface area contributed by atoms with Crippen molar-refractivity contribution >= 4 is 11.9 Å². The van der Waals surface area contributed by atoms with E-state index in [0.717, 1.165) is 0 Å². The van der Waals surface area contributed by atoms with Crippen LogP contribution in [0.4, 0.5) is 0 Å². The summed E-state index contributed by atoms with van der Waals surface area (Å²) in [5, 5.41) is 22.4. The molecule has 7 nitrogen and oxygen atoms in total. The number of rotatable bonds is 9. The van der Waals surface area contributed by atoms with Crippen LogP contribution in [0.3, 0.4) is 0 Å². The van der Waals surface area contributed by atoms with Crippen LogP contribution in [0.2, 0.25) is 0 Å². The van der Waals surface area contributed by atoms with E-state index >= 15 is 0 Å². The molecule has 1 amide bonds. The molecular formula is C9H18N2O5. The Kier molecular flexibility index (Phi) is 8.41. The molecule has 4 N–H and O–H groups in total. The topological polar surface area (TPSA) is 108 Å². The van der Waals surface area contributed by atoms with Gasteiger partial charge in [-0.25, -0.2) is 4.79 Å². The summed E-state index contributed by atoms with van der Waals surface area (Å²) in [4.78, 5) is 21.9. The van der Waals surface area contributed by atoms with Gasteiger partial charge in [0, 0.05) is 26.7 Å². The lowest BCUT2D eigenvalue weighted by Crippen LogP contribution is -2.45. The molecule has 0 fully saturated rings. The van der Waals surface area contributed by atoms with E-state index in [1.807, 2.05) is 0 Å². The summed E-state index contributed by atoms with van der Waals surface area (Å²) in [5.74, 6) is -1.57. The maximum atomic E-state index is 11.2. The quantitative estimate of drug-likeness (QED) is 0.350. The molecule has 0 saturated heterocycles. The number of aliphatic hydroxyl groups excluding tert-OH is 1. The summed E-state index contributed by atoms with van der Waals surface area (Å²) in [6.07, 6.45) is -0.000849. The first kappa shape index (κ1) is 14.8. The van der Waals surface area contributed by atoms with E-state index in [2.05, 4.69) is 10.6 Å². The van der Waals surface area contributed by atoms with Gasteiger partial charge < -0.3 is 25.6 Å². The molecule has 0 bridgehead atoms. The maximum absolute atomic E-state index is 11.2. The number of methoxy groups -OCH3 is 1. The molecule has 0 spiro atoms. The van der Waals surface area contributed by atoms with Crippen molar-refractivity contribution in [3.63, 3.8) is 0 Å². The minimum absolute atomic E-state index is 0.000849. The van der Waals surface area contributed by atoms with Crippen molar-refractivity contribution in [3.05, 3.63) is 0 Å².